The molecule has 0 saturated heterocycles. The van der Waals surface area contributed by atoms with Crippen LogP contribution in [-0.4, -0.2) is 19.9 Å². The normalized spacial score (nSPS) is 11.4. The molecule has 0 spiro atoms. The topological polar surface area (TPSA) is 50.9 Å². The molecule has 0 saturated carbocycles. The lowest BCUT2D eigenvalue weighted by Crippen LogP contribution is -2.00. The average molecular weight is 272 g/mol. The lowest BCUT2D eigenvalue weighted by atomic mass is 10.1. The van der Waals surface area contributed by atoms with E-state index in [1.807, 2.05) is 5.38 Å². The molecule has 0 fully saturated rings. The van der Waals surface area contributed by atoms with E-state index < -0.39 is 0 Å². The van der Waals surface area contributed by atoms with E-state index in [1.54, 1.807) is 10.9 Å². The highest BCUT2D eigenvalue weighted by molar-refractivity contribution is 7.12. The Morgan fingerprint density at radius 1 is 1.53 bits per heavy atom. The molecule has 0 radical (unpaired) electrons. The molecule has 0 amide bonds. The molecule has 2 aromatic heterocycles. The standard InChI is InChI=1S/C11H14ClN3OS/c1-7(2)5-9-8(6-16)10(12)15(14-9)11-13-3-4-17-11/h3-4,7,16H,5-6H2,1-2H3. The first-order valence-electron chi connectivity index (χ1n) is 5.40. The fourth-order valence-electron chi connectivity index (χ4n) is 1.63. The molecule has 0 unspecified atom stereocenters. The highest BCUT2D eigenvalue weighted by Gasteiger charge is 2.18. The molecule has 2 heterocycles. The summed E-state index contributed by atoms with van der Waals surface area (Å²) < 4.78 is 1.59. The van der Waals surface area contributed by atoms with Crippen molar-refractivity contribution in [1.29, 1.82) is 0 Å². The zero-order valence-corrected chi connectivity index (χ0v) is 11.3. The summed E-state index contributed by atoms with van der Waals surface area (Å²) in [5.41, 5.74) is 1.55. The van der Waals surface area contributed by atoms with Gasteiger partial charge in [0.05, 0.1) is 12.3 Å². The maximum atomic E-state index is 9.37. The first kappa shape index (κ1) is 12.5. The number of aromatic nitrogens is 3. The van der Waals surface area contributed by atoms with Crippen LogP contribution in [0, 0.1) is 5.92 Å². The van der Waals surface area contributed by atoms with Gasteiger partial charge in [-0.1, -0.05) is 25.4 Å². The molecule has 4 nitrogen and oxygen atoms in total. The molecule has 0 aliphatic heterocycles. The third kappa shape index (κ3) is 2.51. The zero-order chi connectivity index (χ0) is 12.4. The van der Waals surface area contributed by atoms with E-state index in [0.717, 1.165) is 17.2 Å². The van der Waals surface area contributed by atoms with Crippen molar-refractivity contribution >= 4 is 22.9 Å². The Morgan fingerprint density at radius 2 is 2.29 bits per heavy atom. The second-order valence-electron chi connectivity index (χ2n) is 4.20. The molecule has 6 heteroatoms. The molecule has 17 heavy (non-hydrogen) atoms. The van der Waals surface area contributed by atoms with Crippen molar-refractivity contribution in [2.75, 3.05) is 0 Å². The van der Waals surface area contributed by atoms with Crippen LogP contribution < -0.4 is 0 Å². The molecular weight excluding hydrogens is 258 g/mol. The van der Waals surface area contributed by atoms with Crippen LogP contribution in [-0.2, 0) is 13.0 Å². The SMILES string of the molecule is CC(C)Cc1nn(-c2nccs2)c(Cl)c1CO. The third-order valence-electron chi connectivity index (χ3n) is 2.36. The van der Waals surface area contributed by atoms with Crippen LogP contribution in [0.4, 0.5) is 0 Å². The number of halogens is 1. The van der Waals surface area contributed by atoms with Crippen LogP contribution in [0.2, 0.25) is 5.15 Å². The van der Waals surface area contributed by atoms with Crippen molar-refractivity contribution < 1.29 is 5.11 Å². The molecule has 0 aliphatic carbocycles. The van der Waals surface area contributed by atoms with Crippen LogP contribution in [0.15, 0.2) is 11.6 Å². The second kappa shape index (κ2) is 5.16. The van der Waals surface area contributed by atoms with E-state index in [2.05, 4.69) is 23.9 Å². The monoisotopic (exact) mass is 271 g/mol. The Kier molecular flexibility index (Phi) is 3.81. The number of nitrogens with zero attached hydrogens (tertiary/aromatic N) is 3. The number of hydrogen-bond donors (Lipinski definition) is 1. The van der Waals surface area contributed by atoms with E-state index in [4.69, 9.17) is 11.6 Å². The molecule has 0 atom stereocenters. The van der Waals surface area contributed by atoms with Crippen molar-refractivity contribution in [3.8, 4) is 5.13 Å². The molecule has 2 rings (SSSR count). The van der Waals surface area contributed by atoms with Crippen molar-refractivity contribution in [2.24, 2.45) is 5.92 Å². The number of hydrogen-bond acceptors (Lipinski definition) is 4. The van der Waals surface area contributed by atoms with Gasteiger partial charge in [-0.3, -0.25) is 0 Å². The highest BCUT2D eigenvalue weighted by Crippen LogP contribution is 2.26. The van der Waals surface area contributed by atoms with Gasteiger partial charge in [0, 0.05) is 17.1 Å². The third-order valence-corrected chi connectivity index (χ3v) is 3.50. The average Bonchev–Trinajstić information content (AvgIpc) is 2.86. The Bertz CT molecular complexity index is 493. The van der Waals surface area contributed by atoms with Crippen LogP contribution in [0.1, 0.15) is 25.1 Å². The molecule has 0 bridgehead atoms. The van der Waals surface area contributed by atoms with E-state index >= 15 is 0 Å². The smallest absolute Gasteiger partial charge is 0.211 e. The first-order valence-corrected chi connectivity index (χ1v) is 6.66. The van der Waals surface area contributed by atoms with Gasteiger partial charge in [-0.25, -0.2) is 4.98 Å². The fourth-order valence-corrected chi connectivity index (χ4v) is 2.56. The summed E-state index contributed by atoms with van der Waals surface area (Å²) in [5, 5.41) is 16.9. The lowest BCUT2D eigenvalue weighted by molar-refractivity contribution is 0.280. The van der Waals surface area contributed by atoms with Crippen LogP contribution in [0.3, 0.4) is 0 Å². The number of rotatable bonds is 4. The maximum Gasteiger partial charge on any atom is 0.211 e. The summed E-state index contributed by atoms with van der Waals surface area (Å²) in [7, 11) is 0. The molecule has 92 valence electrons. The maximum absolute atomic E-state index is 9.37. The number of aliphatic hydroxyl groups excluding tert-OH is 1. The minimum Gasteiger partial charge on any atom is -0.391 e. The van der Waals surface area contributed by atoms with E-state index in [0.29, 0.717) is 16.6 Å². The quantitative estimate of drug-likeness (QED) is 0.930. The number of aliphatic hydroxyl groups is 1. The van der Waals surface area contributed by atoms with Crippen molar-refractivity contribution in [1.82, 2.24) is 14.8 Å². The predicted octanol–water partition coefficient (Wildman–Crippen LogP) is 2.67. The molecule has 1 N–H and O–H groups in total. The zero-order valence-electron chi connectivity index (χ0n) is 9.72. The van der Waals surface area contributed by atoms with Crippen molar-refractivity contribution in [3.05, 3.63) is 28.0 Å². The predicted molar refractivity (Wildman–Crippen MR) is 68.7 cm³/mol. The van der Waals surface area contributed by atoms with E-state index in [-0.39, 0.29) is 6.61 Å². The van der Waals surface area contributed by atoms with Gasteiger partial charge in [0.15, 0.2) is 0 Å². The van der Waals surface area contributed by atoms with Crippen LogP contribution >= 0.6 is 22.9 Å². The van der Waals surface area contributed by atoms with E-state index in [1.165, 1.54) is 11.3 Å². The largest absolute Gasteiger partial charge is 0.391 e. The lowest BCUT2D eigenvalue weighted by Gasteiger charge is -2.02. The van der Waals surface area contributed by atoms with Gasteiger partial charge in [-0.05, 0) is 12.3 Å². The summed E-state index contributed by atoms with van der Waals surface area (Å²) in [6.45, 7) is 4.13. The fraction of sp³-hybridized carbons (Fsp3) is 0.455. The van der Waals surface area contributed by atoms with Crippen LogP contribution in [0.5, 0.6) is 0 Å². The van der Waals surface area contributed by atoms with Gasteiger partial charge in [0.2, 0.25) is 5.13 Å². The Balaban J connectivity index is 2.45. The summed E-state index contributed by atoms with van der Waals surface area (Å²) in [6.07, 6.45) is 2.51. The van der Waals surface area contributed by atoms with Crippen molar-refractivity contribution in [3.63, 3.8) is 0 Å². The second-order valence-corrected chi connectivity index (χ2v) is 5.43. The van der Waals surface area contributed by atoms with Gasteiger partial charge >= 0.3 is 0 Å². The van der Waals surface area contributed by atoms with Crippen LogP contribution in [0.25, 0.3) is 5.13 Å². The number of thiazole rings is 1. The van der Waals surface area contributed by atoms with Gasteiger partial charge < -0.3 is 5.11 Å². The Labute approximate surface area is 109 Å². The minimum atomic E-state index is -0.0910. The molecule has 0 aromatic carbocycles. The van der Waals surface area contributed by atoms with E-state index in [9.17, 15) is 5.11 Å². The van der Waals surface area contributed by atoms with Gasteiger partial charge in [0.1, 0.15) is 5.15 Å². The molecular formula is C11H14ClN3OS. The highest BCUT2D eigenvalue weighted by atomic mass is 35.5. The summed E-state index contributed by atoms with van der Waals surface area (Å²) >= 11 is 7.68. The Morgan fingerprint density at radius 3 is 2.82 bits per heavy atom. The summed E-state index contributed by atoms with van der Waals surface area (Å²) in [5.74, 6) is 0.469. The van der Waals surface area contributed by atoms with Crippen molar-refractivity contribution in [2.45, 2.75) is 26.9 Å². The molecule has 2 aromatic rings. The van der Waals surface area contributed by atoms with Gasteiger partial charge in [-0.2, -0.15) is 9.78 Å². The first-order chi connectivity index (χ1) is 8.13. The van der Waals surface area contributed by atoms with Gasteiger partial charge in [-0.15, -0.1) is 11.3 Å². The summed E-state index contributed by atoms with van der Waals surface area (Å²) in [4.78, 5) is 4.17. The molecule has 0 aliphatic rings. The Hall–Kier alpha value is -0.910. The minimum absolute atomic E-state index is 0.0910. The summed E-state index contributed by atoms with van der Waals surface area (Å²) in [6, 6.07) is 0. The van der Waals surface area contributed by atoms with Gasteiger partial charge in [0.25, 0.3) is 0 Å².